The molecule has 208 valence electrons. The van der Waals surface area contributed by atoms with Crippen molar-refractivity contribution in [3.63, 3.8) is 0 Å². The zero-order valence-corrected chi connectivity index (χ0v) is 24.1. The second kappa shape index (κ2) is 11.5. The van der Waals surface area contributed by atoms with Crippen LogP contribution in [0.15, 0.2) is 53.3 Å². The first kappa shape index (κ1) is 28.8. The fourth-order valence-electron chi connectivity index (χ4n) is 4.96. The Labute approximate surface area is 234 Å². The largest absolute Gasteiger partial charge is 0.391 e. The second-order valence-electron chi connectivity index (χ2n) is 11.7. The van der Waals surface area contributed by atoms with Crippen LogP contribution in [0.25, 0.3) is 11.1 Å². The molecule has 8 nitrogen and oxygen atoms in total. The molecule has 9 heteroatoms. The van der Waals surface area contributed by atoms with Crippen LogP contribution in [0.3, 0.4) is 0 Å². The van der Waals surface area contributed by atoms with E-state index in [1.54, 1.807) is 12.4 Å². The van der Waals surface area contributed by atoms with Gasteiger partial charge >= 0.3 is 0 Å². The van der Waals surface area contributed by atoms with E-state index < -0.39 is 18.1 Å². The van der Waals surface area contributed by atoms with Crippen LogP contribution in [0.4, 0.5) is 0 Å². The highest BCUT2D eigenvalue weighted by Gasteiger charge is 2.43. The number of aromatic nitrogens is 2. The van der Waals surface area contributed by atoms with Crippen LogP contribution in [0.5, 0.6) is 0 Å². The van der Waals surface area contributed by atoms with Gasteiger partial charge in [-0.1, -0.05) is 75.6 Å². The van der Waals surface area contributed by atoms with Gasteiger partial charge in [0.15, 0.2) is 0 Å². The van der Waals surface area contributed by atoms with E-state index in [0.29, 0.717) is 10.8 Å². The molecule has 4 rings (SSSR count). The molecule has 1 aliphatic heterocycles. The number of β-amino-alcohol motifs (C(OH)–C–C–N with tert-alkyl or cyclic N) is 1. The molecular formula is C30H37ClN4O4. The third-order valence-corrected chi connectivity index (χ3v) is 7.55. The summed E-state index contributed by atoms with van der Waals surface area (Å²) < 4.78 is 5.62. The average Bonchev–Trinajstić information content (AvgIpc) is 3.51. The van der Waals surface area contributed by atoms with Gasteiger partial charge in [0.1, 0.15) is 17.7 Å². The van der Waals surface area contributed by atoms with Crippen molar-refractivity contribution in [2.24, 2.45) is 5.92 Å². The van der Waals surface area contributed by atoms with Crippen molar-refractivity contribution in [2.45, 2.75) is 77.5 Å². The minimum Gasteiger partial charge on any atom is -0.391 e. The summed E-state index contributed by atoms with van der Waals surface area (Å²) in [5.41, 5.74) is 3.27. The van der Waals surface area contributed by atoms with E-state index in [2.05, 4.69) is 15.5 Å². The molecule has 0 spiro atoms. The molecule has 1 aromatic carbocycles. The number of nitrogens with one attached hydrogen (secondary N) is 1. The summed E-state index contributed by atoms with van der Waals surface area (Å²) >= 11 is 6.27. The van der Waals surface area contributed by atoms with Crippen molar-refractivity contribution in [1.82, 2.24) is 20.4 Å². The molecule has 39 heavy (non-hydrogen) atoms. The molecule has 0 unspecified atom stereocenters. The molecule has 0 saturated carbocycles. The number of carbonyl (C=O) groups excluding carboxylic acids is 2. The van der Waals surface area contributed by atoms with Crippen LogP contribution < -0.4 is 5.32 Å². The molecule has 0 bridgehead atoms. The van der Waals surface area contributed by atoms with E-state index in [1.807, 2.05) is 77.9 Å². The number of carbonyl (C=O) groups is 2. The van der Waals surface area contributed by atoms with Crippen LogP contribution in [0.2, 0.25) is 5.02 Å². The molecule has 1 fully saturated rings. The molecule has 2 N–H and O–H groups in total. The number of benzene rings is 1. The molecule has 2 amide bonds. The molecule has 1 aliphatic rings. The van der Waals surface area contributed by atoms with Crippen molar-refractivity contribution in [3.05, 3.63) is 70.8 Å². The normalized spacial score (nSPS) is 19.3. The van der Waals surface area contributed by atoms with Gasteiger partial charge < -0.3 is 19.8 Å². The molecule has 0 aliphatic carbocycles. The van der Waals surface area contributed by atoms with Crippen molar-refractivity contribution < 1.29 is 19.2 Å². The molecule has 4 atom stereocenters. The van der Waals surface area contributed by atoms with Crippen molar-refractivity contribution in [1.29, 1.82) is 0 Å². The van der Waals surface area contributed by atoms with E-state index in [4.69, 9.17) is 16.1 Å². The van der Waals surface area contributed by atoms with Gasteiger partial charge in [-0.3, -0.25) is 14.6 Å². The minimum atomic E-state index is -0.781. The Morgan fingerprint density at radius 3 is 2.44 bits per heavy atom. The van der Waals surface area contributed by atoms with Crippen molar-refractivity contribution >= 4 is 23.4 Å². The van der Waals surface area contributed by atoms with Crippen molar-refractivity contribution in [3.8, 4) is 11.1 Å². The van der Waals surface area contributed by atoms with Crippen LogP contribution in [0.1, 0.15) is 76.9 Å². The SMILES string of the molecule is CC(C)[C@@H](C(=O)N1C[C@H](O)C[C@H]1C(=O)N[C@@H](C)c1ccc(-c2ccncc2Cl)cc1)c1cc(C(C)(C)C)no1. The summed E-state index contributed by atoms with van der Waals surface area (Å²) in [4.78, 5) is 32.7. The van der Waals surface area contributed by atoms with E-state index in [0.717, 1.165) is 22.4 Å². The number of hydrogen-bond donors (Lipinski definition) is 2. The first-order valence-corrected chi connectivity index (χ1v) is 13.7. The van der Waals surface area contributed by atoms with Gasteiger partial charge in [0.05, 0.1) is 22.9 Å². The quantitative estimate of drug-likeness (QED) is 0.413. The van der Waals surface area contributed by atoms with Gasteiger partial charge in [0, 0.05) is 42.4 Å². The number of amides is 2. The van der Waals surface area contributed by atoms with Crippen molar-refractivity contribution in [2.75, 3.05) is 6.54 Å². The van der Waals surface area contributed by atoms with Gasteiger partial charge in [0.2, 0.25) is 11.8 Å². The monoisotopic (exact) mass is 552 g/mol. The van der Waals surface area contributed by atoms with Gasteiger partial charge in [-0.2, -0.15) is 0 Å². The highest BCUT2D eigenvalue weighted by atomic mass is 35.5. The maximum atomic E-state index is 13.8. The number of aliphatic hydroxyl groups is 1. The number of hydrogen-bond acceptors (Lipinski definition) is 6. The number of pyridine rings is 1. The minimum absolute atomic E-state index is 0.0916. The fourth-order valence-corrected chi connectivity index (χ4v) is 5.19. The predicted octanol–water partition coefficient (Wildman–Crippen LogP) is 5.27. The van der Waals surface area contributed by atoms with Crippen LogP contribution >= 0.6 is 11.6 Å². The molecular weight excluding hydrogens is 516 g/mol. The molecule has 2 aromatic heterocycles. The number of aliphatic hydroxyl groups excluding tert-OH is 1. The Bertz CT molecular complexity index is 1310. The third kappa shape index (κ3) is 6.34. The molecule has 1 saturated heterocycles. The topological polar surface area (TPSA) is 109 Å². The third-order valence-electron chi connectivity index (χ3n) is 7.25. The highest BCUT2D eigenvalue weighted by molar-refractivity contribution is 6.33. The molecule has 3 aromatic rings. The molecule has 3 heterocycles. The number of halogens is 1. The number of nitrogens with zero attached hydrogens (tertiary/aromatic N) is 3. The Morgan fingerprint density at radius 2 is 1.85 bits per heavy atom. The Balaban J connectivity index is 1.49. The maximum Gasteiger partial charge on any atom is 0.243 e. The Kier molecular flexibility index (Phi) is 8.47. The number of rotatable bonds is 7. The van der Waals surface area contributed by atoms with Gasteiger partial charge in [-0.05, 0) is 30.0 Å². The summed E-state index contributed by atoms with van der Waals surface area (Å²) in [5, 5.41) is 18.2. The standard InChI is InChI=1S/C30H37ClN4O4/c1-17(2)27(25-14-26(34-39-25)30(4,5)6)29(38)35-16-21(36)13-24(35)28(37)33-18(3)19-7-9-20(10-8-19)22-11-12-32-15-23(22)31/h7-12,14-15,17-18,21,24,27,36H,13,16H2,1-6H3,(H,33,37)/t18-,21+,24-,27+/m0/s1. The van der Waals surface area contributed by atoms with Gasteiger partial charge in [-0.25, -0.2) is 0 Å². The average molecular weight is 553 g/mol. The van der Waals surface area contributed by atoms with Gasteiger partial charge in [-0.15, -0.1) is 0 Å². The first-order chi connectivity index (χ1) is 18.4. The van der Waals surface area contributed by atoms with E-state index in [9.17, 15) is 14.7 Å². The lowest BCUT2D eigenvalue weighted by Crippen LogP contribution is -2.48. The summed E-state index contributed by atoms with van der Waals surface area (Å²) in [6.07, 6.45) is 2.69. The fraction of sp³-hybridized carbons (Fsp3) is 0.467. The first-order valence-electron chi connectivity index (χ1n) is 13.3. The highest BCUT2D eigenvalue weighted by Crippen LogP contribution is 2.33. The maximum absolute atomic E-state index is 13.8. The lowest BCUT2D eigenvalue weighted by molar-refractivity contribution is -0.141. The lowest BCUT2D eigenvalue weighted by Gasteiger charge is -2.29. The second-order valence-corrected chi connectivity index (χ2v) is 12.1. The van der Waals surface area contributed by atoms with Crippen LogP contribution in [-0.4, -0.2) is 50.7 Å². The van der Waals surface area contributed by atoms with Gasteiger partial charge in [0.25, 0.3) is 0 Å². The number of likely N-dealkylation sites (tertiary alicyclic amines) is 1. The van der Waals surface area contributed by atoms with E-state index >= 15 is 0 Å². The predicted molar refractivity (Wildman–Crippen MR) is 150 cm³/mol. The van der Waals surface area contributed by atoms with E-state index in [-0.39, 0.29) is 42.2 Å². The Hall–Kier alpha value is -3.23. The summed E-state index contributed by atoms with van der Waals surface area (Å²) in [6.45, 7) is 11.9. The smallest absolute Gasteiger partial charge is 0.243 e. The zero-order chi connectivity index (χ0) is 28.5. The van der Waals surface area contributed by atoms with Crippen LogP contribution in [-0.2, 0) is 15.0 Å². The molecule has 0 radical (unpaired) electrons. The Morgan fingerprint density at radius 1 is 1.15 bits per heavy atom. The summed E-state index contributed by atoms with van der Waals surface area (Å²) in [6, 6.07) is 10.4. The summed E-state index contributed by atoms with van der Waals surface area (Å²) in [7, 11) is 0. The lowest BCUT2D eigenvalue weighted by atomic mass is 9.88. The van der Waals surface area contributed by atoms with E-state index in [1.165, 1.54) is 4.90 Å². The zero-order valence-electron chi connectivity index (χ0n) is 23.3. The van der Waals surface area contributed by atoms with Crippen LogP contribution in [0, 0.1) is 5.92 Å². The summed E-state index contributed by atoms with van der Waals surface area (Å²) in [5.74, 6) is -0.776.